The summed E-state index contributed by atoms with van der Waals surface area (Å²) in [5.41, 5.74) is 4.08. The highest BCUT2D eigenvalue weighted by molar-refractivity contribution is 9.10. The van der Waals surface area contributed by atoms with Gasteiger partial charge in [0.05, 0.1) is 17.7 Å². The van der Waals surface area contributed by atoms with Gasteiger partial charge in [-0.1, -0.05) is 51.8 Å². The summed E-state index contributed by atoms with van der Waals surface area (Å²) in [6.07, 6.45) is 1.48. The van der Waals surface area contributed by atoms with Crippen LogP contribution < -0.4 is 5.43 Å². The van der Waals surface area contributed by atoms with E-state index in [9.17, 15) is 13.2 Å². The van der Waals surface area contributed by atoms with Crippen molar-refractivity contribution in [2.24, 2.45) is 5.10 Å². The Kier molecular flexibility index (Phi) is 6.46. The van der Waals surface area contributed by atoms with Gasteiger partial charge in [0, 0.05) is 17.1 Å². The van der Waals surface area contributed by atoms with Crippen LogP contribution in [0.25, 0.3) is 0 Å². The third kappa shape index (κ3) is 5.22. The highest BCUT2D eigenvalue weighted by Gasteiger charge is 2.22. The highest BCUT2D eigenvalue weighted by atomic mass is 79.9. The van der Waals surface area contributed by atoms with Gasteiger partial charge in [0.2, 0.25) is 10.0 Å². The summed E-state index contributed by atoms with van der Waals surface area (Å²) in [4.78, 5) is 12.1. The molecule has 1 amide bonds. The Hall–Kier alpha value is -2.03. The molecule has 8 heteroatoms. The molecule has 0 aromatic heterocycles. The van der Waals surface area contributed by atoms with Gasteiger partial charge >= 0.3 is 0 Å². The number of benzene rings is 2. The Balaban J connectivity index is 1.97. The molecule has 0 fully saturated rings. The van der Waals surface area contributed by atoms with Crippen LogP contribution in [0, 0.1) is 6.92 Å². The van der Waals surface area contributed by atoms with Crippen LogP contribution >= 0.6 is 15.9 Å². The fourth-order valence-electron chi connectivity index (χ4n) is 1.97. The predicted molar refractivity (Wildman–Crippen MR) is 101 cm³/mol. The molecule has 1 N–H and O–H groups in total. The Morgan fingerprint density at radius 3 is 2.48 bits per heavy atom. The molecular weight excluding hydrogens is 406 g/mol. The van der Waals surface area contributed by atoms with Gasteiger partial charge in [-0.15, -0.1) is 0 Å². The van der Waals surface area contributed by atoms with Gasteiger partial charge < -0.3 is 0 Å². The Morgan fingerprint density at radius 1 is 1.20 bits per heavy atom. The van der Waals surface area contributed by atoms with Gasteiger partial charge in [-0.2, -0.15) is 9.41 Å². The topological polar surface area (TPSA) is 78.8 Å². The first-order valence-corrected chi connectivity index (χ1v) is 9.63. The summed E-state index contributed by atoms with van der Waals surface area (Å²) < 4.78 is 26.7. The minimum absolute atomic E-state index is 0.144. The second-order valence-corrected chi connectivity index (χ2v) is 8.29. The number of hydrogen-bond acceptors (Lipinski definition) is 4. The van der Waals surface area contributed by atoms with E-state index in [1.54, 1.807) is 12.1 Å². The molecule has 0 spiro atoms. The normalized spacial score (nSPS) is 11.8. The zero-order valence-electron chi connectivity index (χ0n) is 13.8. The monoisotopic (exact) mass is 423 g/mol. The molecule has 6 nitrogen and oxygen atoms in total. The minimum atomic E-state index is -3.72. The van der Waals surface area contributed by atoms with E-state index in [-0.39, 0.29) is 11.4 Å². The van der Waals surface area contributed by atoms with E-state index in [0.29, 0.717) is 0 Å². The SMILES string of the molecule is Cc1ccc(S(=O)(=O)N(C)CC(=O)N/N=C\c2ccccc2Br)cc1. The first kappa shape index (κ1) is 19.3. The second kappa shape index (κ2) is 8.37. The van der Waals surface area contributed by atoms with Crippen LogP contribution in [0.15, 0.2) is 63.0 Å². The molecule has 2 aromatic rings. The van der Waals surface area contributed by atoms with E-state index in [1.807, 2.05) is 31.2 Å². The lowest BCUT2D eigenvalue weighted by Crippen LogP contribution is -2.36. The van der Waals surface area contributed by atoms with Crippen molar-refractivity contribution in [1.82, 2.24) is 9.73 Å². The van der Waals surface area contributed by atoms with Gasteiger partial charge in [0.25, 0.3) is 5.91 Å². The number of carbonyl (C=O) groups excluding carboxylic acids is 1. The minimum Gasteiger partial charge on any atom is -0.272 e. The zero-order chi connectivity index (χ0) is 18.4. The first-order chi connectivity index (χ1) is 11.8. The number of hydrazone groups is 1. The lowest BCUT2D eigenvalue weighted by atomic mass is 10.2. The van der Waals surface area contributed by atoms with Crippen LogP contribution in [0.2, 0.25) is 0 Å². The molecule has 0 bridgehead atoms. The van der Waals surface area contributed by atoms with E-state index >= 15 is 0 Å². The predicted octanol–water partition coefficient (Wildman–Crippen LogP) is 2.53. The lowest BCUT2D eigenvalue weighted by molar-refractivity contribution is -0.121. The maximum atomic E-state index is 12.4. The van der Waals surface area contributed by atoms with E-state index in [1.165, 1.54) is 25.4 Å². The zero-order valence-corrected chi connectivity index (χ0v) is 16.2. The molecule has 0 saturated carbocycles. The summed E-state index contributed by atoms with van der Waals surface area (Å²) in [6, 6.07) is 13.8. The molecule has 25 heavy (non-hydrogen) atoms. The first-order valence-electron chi connectivity index (χ1n) is 7.40. The maximum Gasteiger partial charge on any atom is 0.255 e. The maximum absolute atomic E-state index is 12.4. The summed E-state index contributed by atoms with van der Waals surface area (Å²) in [7, 11) is -2.37. The summed E-state index contributed by atoms with van der Waals surface area (Å²) >= 11 is 3.37. The molecular formula is C17H18BrN3O3S. The quantitative estimate of drug-likeness (QED) is 0.572. The largest absolute Gasteiger partial charge is 0.272 e. The van der Waals surface area contributed by atoms with Gasteiger partial charge in [0.15, 0.2) is 0 Å². The summed E-state index contributed by atoms with van der Waals surface area (Å²) in [6.45, 7) is 1.54. The molecule has 0 aliphatic rings. The second-order valence-electron chi connectivity index (χ2n) is 5.39. The molecule has 0 atom stereocenters. The Bertz CT molecular complexity index is 880. The number of nitrogens with zero attached hydrogens (tertiary/aromatic N) is 2. The molecule has 132 valence electrons. The number of rotatable bonds is 6. The van der Waals surface area contributed by atoms with Crippen LogP contribution in [0.4, 0.5) is 0 Å². The van der Waals surface area contributed by atoms with Crippen LogP contribution in [0.3, 0.4) is 0 Å². The van der Waals surface area contributed by atoms with Crippen molar-refractivity contribution in [2.45, 2.75) is 11.8 Å². The Morgan fingerprint density at radius 2 is 1.84 bits per heavy atom. The number of hydrogen-bond donors (Lipinski definition) is 1. The number of carbonyl (C=O) groups is 1. The van der Waals surface area contributed by atoms with Crippen molar-refractivity contribution in [1.29, 1.82) is 0 Å². The van der Waals surface area contributed by atoms with Crippen LogP contribution in [-0.2, 0) is 14.8 Å². The van der Waals surface area contributed by atoms with Crippen LogP contribution in [0.1, 0.15) is 11.1 Å². The highest BCUT2D eigenvalue weighted by Crippen LogP contribution is 2.15. The molecule has 2 rings (SSSR count). The van der Waals surface area contributed by atoms with Crippen molar-refractivity contribution >= 4 is 38.1 Å². The Labute approximate surface area is 155 Å². The fraction of sp³-hybridized carbons (Fsp3) is 0.176. The molecule has 0 radical (unpaired) electrons. The number of halogens is 1. The van der Waals surface area contributed by atoms with Crippen molar-refractivity contribution < 1.29 is 13.2 Å². The van der Waals surface area contributed by atoms with E-state index in [0.717, 1.165) is 19.9 Å². The van der Waals surface area contributed by atoms with E-state index in [2.05, 4.69) is 26.5 Å². The van der Waals surface area contributed by atoms with Crippen LogP contribution in [0.5, 0.6) is 0 Å². The molecule has 0 unspecified atom stereocenters. The van der Waals surface area contributed by atoms with Crippen molar-refractivity contribution in [3.05, 3.63) is 64.1 Å². The van der Waals surface area contributed by atoms with Gasteiger partial charge in [-0.05, 0) is 25.1 Å². The van der Waals surface area contributed by atoms with Crippen LogP contribution in [-0.4, -0.2) is 38.4 Å². The molecule has 2 aromatic carbocycles. The molecule has 0 saturated heterocycles. The number of amides is 1. The average Bonchev–Trinajstić information content (AvgIpc) is 2.57. The van der Waals surface area contributed by atoms with Gasteiger partial charge in [-0.25, -0.2) is 13.8 Å². The third-order valence-corrected chi connectivity index (χ3v) is 5.93. The van der Waals surface area contributed by atoms with Gasteiger partial charge in [0.1, 0.15) is 0 Å². The molecule has 0 heterocycles. The lowest BCUT2D eigenvalue weighted by Gasteiger charge is -2.16. The summed E-state index contributed by atoms with van der Waals surface area (Å²) in [5, 5.41) is 3.85. The fourth-order valence-corrected chi connectivity index (χ4v) is 3.48. The third-order valence-electron chi connectivity index (χ3n) is 3.39. The van der Waals surface area contributed by atoms with Gasteiger partial charge in [-0.3, -0.25) is 4.79 Å². The number of aryl methyl sites for hydroxylation is 1. The molecule has 0 aliphatic heterocycles. The van der Waals surface area contributed by atoms with Crippen molar-refractivity contribution in [3.8, 4) is 0 Å². The van der Waals surface area contributed by atoms with E-state index < -0.39 is 15.9 Å². The number of nitrogens with one attached hydrogen (secondary N) is 1. The standard InChI is InChI=1S/C17H18BrN3O3S/c1-13-7-9-15(10-8-13)25(23,24)21(2)12-17(22)20-19-11-14-5-3-4-6-16(14)18/h3-11H,12H2,1-2H3,(H,20,22)/b19-11-. The number of likely N-dealkylation sites (N-methyl/N-ethyl adjacent to an activating group) is 1. The smallest absolute Gasteiger partial charge is 0.255 e. The van der Waals surface area contributed by atoms with Crippen molar-refractivity contribution in [3.63, 3.8) is 0 Å². The van der Waals surface area contributed by atoms with E-state index in [4.69, 9.17) is 0 Å². The molecule has 0 aliphatic carbocycles. The van der Waals surface area contributed by atoms with Crippen molar-refractivity contribution in [2.75, 3.05) is 13.6 Å². The summed E-state index contributed by atoms with van der Waals surface area (Å²) in [5.74, 6) is -0.526. The average molecular weight is 424 g/mol. The number of sulfonamides is 1.